The zero-order valence-corrected chi connectivity index (χ0v) is 15.6. The molecule has 1 saturated heterocycles. The minimum Gasteiger partial charge on any atom is -0.467 e. The molecule has 4 atom stereocenters. The molecule has 1 aromatic heterocycles. The summed E-state index contributed by atoms with van der Waals surface area (Å²) in [5.41, 5.74) is 1.02. The number of esters is 1. The first kappa shape index (κ1) is 18.5. The highest BCUT2D eigenvalue weighted by atomic mass is 16.5. The fourth-order valence-electron chi connectivity index (χ4n) is 4.08. The molecule has 0 aromatic carbocycles. The first-order valence-corrected chi connectivity index (χ1v) is 9.27. The van der Waals surface area contributed by atoms with Gasteiger partial charge in [-0.1, -0.05) is 26.3 Å². The minimum atomic E-state index is -0.644. The van der Waals surface area contributed by atoms with Crippen LogP contribution in [0.1, 0.15) is 38.3 Å². The Morgan fingerprint density at radius 1 is 1.31 bits per heavy atom. The number of urea groups is 1. The van der Waals surface area contributed by atoms with E-state index in [4.69, 9.17) is 4.74 Å². The fourth-order valence-corrected chi connectivity index (χ4v) is 4.08. The SMILES string of the molecule is CCC(C)[C@H](NC(=O)N1C[C@H]2C[C@@H](C1)c1cccc(=O)n1C2)C(=O)OC. The van der Waals surface area contributed by atoms with Gasteiger partial charge >= 0.3 is 12.0 Å². The number of likely N-dealkylation sites (tertiary alicyclic amines) is 1. The quantitative estimate of drug-likeness (QED) is 0.826. The number of nitrogens with zero attached hydrogens (tertiary/aromatic N) is 2. The smallest absolute Gasteiger partial charge is 0.328 e. The van der Waals surface area contributed by atoms with Crippen LogP contribution < -0.4 is 10.9 Å². The van der Waals surface area contributed by atoms with Gasteiger partial charge in [-0.15, -0.1) is 0 Å². The lowest BCUT2D eigenvalue weighted by Crippen LogP contribution is -2.55. The third kappa shape index (κ3) is 3.48. The van der Waals surface area contributed by atoms with Crippen LogP contribution in [0.5, 0.6) is 0 Å². The van der Waals surface area contributed by atoms with Gasteiger partial charge in [-0.3, -0.25) is 4.79 Å². The molecule has 7 nitrogen and oxygen atoms in total. The molecule has 7 heteroatoms. The van der Waals surface area contributed by atoms with Crippen molar-refractivity contribution in [3.63, 3.8) is 0 Å². The molecule has 2 aliphatic heterocycles. The predicted octanol–water partition coefficient (Wildman–Crippen LogP) is 1.56. The van der Waals surface area contributed by atoms with Crippen LogP contribution in [-0.4, -0.2) is 47.7 Å². The van der Waals surface area contributed by atoms with E-state index in [0.29, 0.717) is 19.6 Å². The number of rotatable bonds is 4. The molecule has 2 aliphatic rings. The zero-order chi connectivity index (χ0) is 18.8. The molecule has 0 radical (unpaired) electrons. The summed E-state index contributed by atoms with van der Waals surface area (Å²) in [5.74, 6) is -0.00797. The second-order valence-electron chi connectivity index (χ2n) is 7.44. The van der Waals surface area contributed by atoms with Gasteiger partial charge in [-0.2, -0.15) is 0 Å². The van der Waals surface area contributed by atoms with Gasteiger partial charge in [0.1, 0.15) is 6.04 Å². The van der Waals surface area contributed by atoms with Gasteiger partial charge in [0.2, 0.25) is 0 Å². The molecule has 1 N–H and O–H groups in total. The first-order chi connectivity index (χ1) is 12.4. The van der Waals surface area contributed by atoms with Gasteiger partial charge in [-0.05, 0) is 24.3 Å². The van der Waals surface area contributed by atoms with Crippen LogP contribution in [-0.2, 0) is 16.1 Å². The maximum atomic E-state index is 12.8. The summed E-state index contributed by atoms with van der Waals surface area (Å²) >= 11 is 0. The van der Waals surface area contributed by atoms with Crippen LogP contribution in [0.15, 0.2) is 23.0 Å². The third-order valence-electron chi connectivity index (χ3n) is 5.71. The molecule has 1 aromatic rings. The highest BCUT2D eigenvalue weighted by Gasteiger charge is 2.37. The monoisotopic (exact) mass is 361 g/mol. The molecular formula is C19H27N3O4. The molecule has 0 saturated carbocycles. The maximum absolute atomic E-state index is 12.8. The van der Waals surface area contributed by atoms with Crippen LogP contribution in [0.3, 0.4) is 0 Å². The van der Waals surface area contributed by atoms with Gasteiger partial charge in [0.15, 0.2) is 0 Å². The van der Waals surface area contributed by atoms with E-state index in [1.807, 2.05) is 24.5 Å². The zero-order valence-electron chi connectivity index (χ0n) is 15.6. The van der Waals surface area contributed by atoms with Crippen molar-refractivity contribution < 1.29 is 14.3 Å². The summed E-state index contributed by atoms with van der Waals surface area (Å²) in [4.78, 5) is 38.7. The molecule has 1 unspecified atom stereocenters. The topological polar surface area (TPSA) is 80.6 Å². The van der Waals surface area contributed by atoms with Crippen LogP contribution in [0.4, 0.5) is 4.79 Å². The van der Waals surface area contributed by atoms with Gasteiger partial charge in [-0.25, -0.2) is 9.59 Å². The van der Waals surface area contributed by atoms with Crippen molar-refractivity contribution in [1.82, 2.24) is 14.8 Å². The summed E-state index contributed by atoms with van der Waals surface area (Å²) in [6.07, 6.45) is 1.75. The number of ether oxygens (including phenoxy) is 1. The highest BCUT2D eigenvalue weighted by molar-refractivity contribution is 5.84. The van der Waals surface area contributed by atoms with Crippen LogP contribution in [0, 0.1) is 11.8 Å². The van der Waals surface area contributed by atoms with Crippen molar-refractivity contribution >= 4 is 12.0 Å². The van der Waals surface area contributed by atoms with E-state index in [1.165, 1.54) is 7.11 Å². The number of carbonyl (C=O) groups excluding carboxylic acids is 2. The van der Waals surface area contributed by atoms with E-state index in [-0.39, 0.29) is 29.3 Å². The lowest BCUT2D eigenvalue weighted by molar-refractivity contribution is -0.144. The van der Waals surface area contributed by atoms with Crippen molar-refractivity contribution in [2.24, 2.45) is 11.8 Å². The normalized spacial score (nSPS) is 23.6. The summed E-state index contributed by atoms with van der Waals surface area (Å²) in [6.45, 7) is 5.70. The number of fused-ring (bicyclic) bond motifs is 4. The molecule has 1 fully saturated rings. The Labute approximate surface area is 153 Å². The lowest BCUT2D eigenvalue weighted by Gasteiger charge is -2.43. The van der Waals surface area contributed by atoms with Gasteiger partial charge in [0.25, 0.3) is 5.56 Å². The Balaban J connectivity index is 1.74. The first-order valence-electron chi connectivity index (χ1n) is 9.27. The molecule has 2 amide bonds. The van der Waals surface area contributed by atoms with Gasteiger partial charge in [0.05, 0.1) is 7.11 Å². The lowest BCUT2D eigenvalue weighted by atomic mass is 9.83. The maximum Gasteiger partial charge on any atom is 0.328 e. The Kier molecular flexibility index (Phi) is 5.34. The number of methoxy groups -OCH3 is 1. The Morgan fingerprint density at radius 2 is 2.08 bits per heavy atom. The van der Waals surface area contributed by atoms with E-state index in [0.717, 1.165) is 18.5 Å². The van der Waals surface area contributed by atoms with Crippen LogP contribution in [0.25, 0.3) is 0 Å². The van der Waals surface area contributed by atoms with E-state index in [9.17, 15) is 14.4 Å². The van der Waals surface area contributed by atoms with Crippen LogP contribution >= 0.6 is 0 Å². The second-order valence-corrected chi connectivity index (χ2v) is 7.44. The number of hydrogen-bond donors (Lipinski definition) is 1. The summed E-state index contributed by atoms with van der Waals surface area (Å²) in [6, 6.07) is 4.46. The third-order valence-corrected chi connectivity index (χ3v) is 5.71. The van der Waals surface area contributed by atoms with Gasteiger partial charge in [0, 0.05) is 37.3 Å². The Hall–Kier alpha value is -2.31. The van der Waals surface area contributed by atoms with Crippen molar-refractivity contribution in [3.8, 4) is 0 Å². The van der Waals surface area contributed by atoms with E-state index >= 15 is 0 Å². The summed E-state index contributed by atoms with van der Waals surface area (Å²) < 4.78 is 6.69. The number of pyridine rings is 1. The van der Waals surface area contributed by atoms with E-state index in [2.05, 4.69) is 5.32 Å². The highest BCUT2D eigenvalue weighted by Crippen LogP contribution is 2.34. The van der Waals surface area contributed by atoms with Crippen molar-refractivity contribution in [1.29, 1.82) is 0 Å². The Morgan fingerprint density at radius 3 is 2.77 bits per heavy atom. The molecule has 26 heavy (non-hydrogen) atoms. The van der Waals surface area contributed by atoms with E-state index in [1.54, 1.807) is 17.0 Å². The molecule has 0 spiro atoms. The van der Waals surface area contributed by atoms with Crippen molar-refractivity contribution in [3.05, 3.63) is 34.2 Å². The number of hydrogen-bond acceptors (Lipinski definition) is 4. The molecule has 3 rings (SSSR count). The average Bonchev–Trinajstić information content (AvgIpc) is 2.65. The number of aromatic nitrogens is 1. The number of piperidine rings is 1. The molecular weight excluding hydrogens is 334 g/mol. The van der Waals surface area contributed by atoms with Crippen molar-refractivity contribution in [2.45, 2.75) is 45.2 Å². The number of nitrogens with one attached hydrogen (secondary N) is 1. The predicted molar refractivity (Wildman–Crippen MR) is 96.9 cm³/mol. The van der Waals surface area contributed by atoms with E-state index < -0.39 is 12.0 Å². The van der Waals surface area contributed by atoms with Crippen LogP contribution in [0.2, 0.25) is 0 Å². The molecule has 142 valence electrons. The average molecular weight is 361 g/mol. The largest absolute Gasteiger partial charge is 0.467 e. The van der Waals surface area contributed by atoms with Gasteiger partial charge < -0.3 is 19.5 Å². The molecule has 0 aliphatic carbocycles. The summed E-state index contributed by atoms with van der Waals surface area (Å²) in [7, 11) is 1.34. The Bertz CT molecular complexity index is 745. The molecule has 2 bridgehead atoms. The summed E-state index contributed by atoms with van der Waals surface area (Å²) in [5, 5.41) is 2.86. The fraction of sp³-hybridized carbons (Fsp3) is 0.632. The van der Waals surface area contributed by atoms with Crippen molar-refractivity contribution in [2.75, 3.05) is 20.2 Å². The second kappa shape index (κ2) is 7.51. The number of carbonyl (C=O) groups is 2. The standard InChI is InChI=1S/C19H27N3O4/c1-4-12(2)17(18(24)26-3)20-19(25)21-9-13-8-14(11-21)15-6-5-7-16(23)22(15)10-13/h5-7,12-14,17H,4,8-11H2,1-3H3,(H,20,25)/t12?,13-,14+,17+/m1/s1. The minimum absolute atomic E-state index is 0.00464. The molecule has 3 heterocycles. The number of amides is 2.